The molecule has 5 nitrogen and oxygen atoms in total. The Kier molecular flexibility index (Phi) is 5.44. The van der Waals surface area contributed by atoms with Gasteiger partial charge in [-0.2, -0.15) is 0 Å². The largest absolute Gasteiger partial charge is 0.466 e. The molecule has 4 rings (SSSR count). The van der Waals surface area contributed by atoms with E-state index in [9.17, 15) is 18.4 Å². The van der Waals surface area contributed by atoms with Crippen LogP contribution in [0.3, 0.4) is 0 Å². The van der Waals surface area contributed by atoms with Crippen LogP contribution in [0.1, 0.15) is 31.7 Å². The maximum absolute atomic E-state index is 14.3. The molecule has 3 saturated carbocycles. The van der Waals surface area contributed by atoms with Gasteiger partial charge in [-0.1, -0.05) is 30.3 Å². The molecular formula is C19H23F2NO4. The number of esters is 1. The number of carbonyl (C=O) groups is 2. The maximum Gasteiger partial charge on any atom is 0.407 e. The van der Waals surface area contributed by atoms with Crippen LogP contribution in [-0.4, -0.2) is 30.6 Å². The van der Waals surface area contributed by atoms with Crippen LogP contribution < -0.4 is 5.32 Å². The van der Waals surface area contributed by atoms with E-state index in [0.717, 1.165) is 5.56 Å². The minimum atomic E-state index is -2.91. The molecule has 0 heterocycles. The smallest absolute Gasteiger partial charge is 0.407 e. The molecule has 142 valence electrons. The van der Waals surface area contributed by atoms with Crippen molar-refractivity contribution in [3.63, 3.8) is 0 Å². The number of carbonyl (C=O) groups excluding carboxylic acids is 2. The number of halogens is 2. The Morgan fingerprint density at radius 1 is 1.19 bits per heavy atom. The average molecular weight is 367 g/mol. The van der Waals surface area contributed by atoms with Crippen molar-refractivity contribution in [3.05, 3.63) is 35.9 Å². The van der Waals surface area contributed by atoms with E-state index in [1.807, 2.05) is 30.3 Å². The highest BCUT2D eigenvalue weighted by Crippen LogP contribution is 2.53. The Morgan fingerprint density at radius 2 is 1.92 bits per heavy atom. The van der Waals surface area contributed by atoms with Crippen molar-refractivity contribution in [3.8, 4) is 0 Å². The third-order valence-corrected chi connectivity index (χ3v) is 5.31. The first kappa shape index (κ1) is 18.6. The summed E-state index contributed by atoms with van der Waals surface area (Å²) in [7, 11) is 0. The van der Waals surface area contributed by atoms with Gasteiger partial charge in [0.05, 0.1) is 12.5 Å². The number of hydrogen-bond donors (Lipinski definition) is 1. The van der Waals surface area contributed by atoms with E-state index < -0.39 is 41.8 Å². The molecule has 0 saturated heterocycles. The molecule has 0 unspecified atom stereocenters. The van der Waals surface area contributed by atoms with Crippen molar-refractivity contribution < 1.29 is 27.8 Å². The molecule has 0 spiro atoms. The van der Waals surface area contributed by atoms with Crippen LogP contribution in [0.4, 0.5) is 13.6 Å². The number of alkyl carbamates (subject to hydrolysis) is 1. The van der Waals surface area contributed by atoms with E-state index in [1.165, 1.54) is 0 Å². The van der Waals surface area contributed by atoms with Gasteiger partial charge in [0, 0.05) is 18.4 Å². The Bertz CT molecular complexity index is 652. The molecule has 26 heavy (non-hydrogen) atoms. The Balaban J connectivity index is 1.68. The number of rotatable bonds is 5. The Hall–Kier alpha value is -2.18. The summed E-state index contributed by atoms with van der Waals surface area (Å²) in [6, 6.07) is 8.46. The Labute approximate surface area is 151 Å². The summed E-state index contributed by atoms with van der Waals surface area (Å²) in [5.74, 6) is -6.19. The van der Waals surface area contributed by atoms with E-state index >= 15 is 0 Å². The summed E-state index contributed by atoms with van der Waals surface area (Å²) >= 11 is 0. The quantitative estimate of drug-likeness (QED) is 0.809. The second kappa shape index (κ2) is 7.60. The molecule has 3 fully saturated rings. The van der Waals surface area contributed by atoms with E-state index in [1.54, 1.807) is 6.92 Å². The Morgan fingerprint density at radius 3 is 2.58 bits per heavy atom. The lowest BCUT2D eigenvalue weighted by molar-refractivity contribution is -0.190. The molecule has 0 aliphatic heterocycles. The predicted molar refractivity (Wildman–Crippen MR) is 89.5 cm³/mol. The summed E-state index contributed by atoms with van der Waals surface area (Å²) in [6.07, 6.45) is -0.209. The fraction of sp³-hybridized carbons (Fsp3) is 0.579. The van der Waals surface area contributed by atoms with Gasteiger partial charge in [0.2, 0.25) is 0 Å². The summed E-state index contributed by atoms with van der Waals surface area (Å²) in [5, 5.41) is 2.65. The highest BCUT2D eigenvalue weighted by molar-refractivity contribution is 5.76. The van der Waals surface area contributed by atoms with Crippen LogP contribution >= 0.6 is 0 Å². The van der Waals surface area contributed by atoms with E-state index in [2.05, 4.69) is 5.32 Å². The molecule has 0 radical (unpaired) electrons. The summed E-state index contributed by atoms with van der Waals surface area (Å²) in [4.78, 5) is 24.5. The second-order valence-electron chi connectivity index (χ2n) is 6.92. The number of fused-ring (bicyclic) bond motifs is 3. The SMILES string of the molecule is CCOC(=O)[C@@H]1[C@@H](NC(=O)OCc2ccccc2)[C@@H]2CC[C@H]1C(F)(F)C2. The zero-order chi connectivity index (χ0) is 18.7. The molecule has 3 aliphatic carbocycles. The van der Waals surface area contributed by atoms with Crippen molar-refractivity contribution in [2.45, 2.75) is 44.8 Å². The van der Waals surface area contributed by atoms with Crippen LogP contribution in [0.5, 0.6) is 0 Å². The molecule has 1 aromatic carbocycles. The molecule has 1 aromatic rings. The third-order valence-electron chi connectivity index (χ3n) is 5.31. The van der Waals surface area contributed by atoms with Gasteiger partial charge in [0.15, 0.2) is 0 Å². The van der Waals surface area contributed by atoms with Gasteiger partial charge in [-0.05, 0) is 31.2 Å². The van der Waals surface area contributed by atoms with E-state index in [0.29, 0.717) is 6.42 Å². The summed E-state index contributed by atoms with van der Waals surface area (Å²) < 4.78 is 38.8. The molecule has 1 N–H and O–H groups in total. The van der Waals surface area contributed by atoms with Gasteiger partial charge in [0.25, 0.3) is 5.92 Å². The molecule has 7 heteroatoms. The van der Waals surface area contributed by atoms with Crippen molar-refractivity contribution in [2.24, 2.45) is 17.8 Å². The first-order valence-corrected chi connectivity index (χ1v) is 8.94. The van der Waals surface area contributed by atoms with E-state index in [4.69, 9.17) is 9.47 Å². The van der Waals surface area contributed by atoms with Crippen LogP contribution in [0.2, 0.25) is 0 Å². The van der Waals surface area contributed by atoms with Gasteiger partial charge in [-0.15, -0.1) is 0 Å². The van der Waals surface area contributed by atoms with Gasteiger partial charge < -0.3 is 14.8 Å². The lowest BCUT2D eigenvalue weighted by Crippen LogP contribution is -2.62. The normalized spacial score (nSPS) is 29.0. The number of nitrogens with one attached hydrogen (secondary N) is 1. The first-order valence-electron chi connectivity index (χ1n) is 8.94. The number of hydrogen-bond acceptors (Lipinski definition) is 4. The number of benzene rings is 1. The van der Waals surface area contributed by atoms with Crippen LogP contribution in [-0.2, 0) is 20.9 Å². The topological polar surface area (TPSA) is 64.6 Å². The number of amides is 1. The van der Waals surface area contributed by atoms with Gasteiger partial charge in [-0.25, -0.2) is 13.6 Å². The van der Waals surface area contributed by atoms with Crippen molar-refractivity contribution in [2.75, 3.05) is 6.61 Å². The second-order valence-corrected chi connectivity index (χ2v) is 6.92. The maximum atomic E-state index is 14.3. The van der Waals surface area contributed by atoms with Crippen LogP contribution in [0.15, 0.2) is 30.3 Å². The highest BCUT2D eigenvalue weighted by Gasteiger charge is 2.61. The van der Waals surface area contributed by atoms with Crippen molar-refractivity contribution in [1.82, 2.24) is 5.32 Å². The van der Waals surface area contributed by atoms with E-state index in [-0.39, 0.29) is 26.1 Å². The fourth-order valence-corrected chi connectivity index (χ4v) is 4.16. The minimum Gasteiger partial charge on any atom is -0.466 e. The lowest BCUT2D eigenvalue weighted by atomic mass is 9.59. The summed E-state index contributed by atoms with van der Waals surface area (Å²) in [5.41, 5.74) is 0.821. The summed E-state index contributed by atoms with van der Waals surface area (Å²) in [6.45, 7) is 1.82. The van der Waals surface area contributed by atoms with Crippen LogP contribution in [0, 0.1) is 17.8 Å². The van der Waals surface area contributed by atoms with Crippen LogP contribution in [0.25, 0.3) is 0 Å². The zero-order valence-electron chi connectivity index (χ0n) is 14.6. The lowest BCUT2D eigenvalue weighted by Gasteiger charge is -2.50. The molecular weight excluding hydrogens is 344 g/mol. The molecule has 2 bridgehead atoms. The molecule has 0 aromatic heterocycles. The molecule has 4 atom stereocenters. The molecule has 1 amide bonds. The monoisotopic (exact) mass is 367 g/mol. The van der Waals surface area contributed by atoms with Gasteiger partial charge >= 0.3 is 12.1 Å². The fourth-order valence-electron chi connectivity index (χ4n) is 4.16. The number of ether oxygens (including phenoxy) is 2. The van der Waals surface area contributed by atoms with Gasteiger partial charge in [0.1, 0.15) is 6.61 Å². The zero-order valence-corrected chi connectivity index (χ0v) is 14.6. The van der Waals surface area contributed by atoms with Crippen molar-refractivity contribution >= 4 is 12.1 Å². The standard InChI is InChI=1S/C19H23F2NO4/c1-2-25-17(23)15-14-9-8-13(10-19(14,20)21)16(15)22-18(24)26-11-12-6-4-3-5-7-12/h3-7,13-16H,2,8-11H2,1H3,(H,22,24)/t13-,14-,15+,16+/m1/s1. The average Bonchev–Trinajstić information content (AvgIpc) is 2.61. The predicted octanol–water partition coefficient (Wildman–Crippen LogP) is 3.53. The molecule has 3 aliphatic rings. The number of alkyl halides is 2. The highest BCUT2D eigenvalue weighted by atomic mass is 19.3. The van der Waals surface area contributed by atoms with Crippen molar-refractivity contribution in [1.29, 1.82) is 0 Å². The first-order chi connectivity index (χ1) is 12.4. The van der Waals surface area contributed by atoms with Gasteiger partial charge in [-0.3, -0.25) is 4.79 Å². The third kappa shape index (κ3) is 3.81. The minimum absolute atomic E-state index is 0.0771.